The average Bonchev–Trinajstić information content (AvgIpc) is 2.54. The summed E-state index contributed by atoms with van der Waals surface area (Å²) in [5.74, 6) is 0.486. The maximum atomic E-state index is 12.4. The molecular weight excluding hydrogens is 314 g/mol. The van der Waals surface area contributed by atoms with Crippen LogP contribution in [-0.2, 0) is 4.74 Å². The number of halogens is 1. The molecule has 122 valence electrons. The van der Waals surface area contributed by atoms with Crippen molar-refractivity contribution >= 4 is 29.0 Å². The number of pyridine rings is 1. The first-order valence-electron chi connectivity index (χ1n) is 7.36. The van der Waals surface area contributed by atoms with Gasteiger partial charge in [-0.3, -0.25) is 4.79 Å². The zero-order chi connectivity index (χ0) is 16.7. The van der Waals surface area contributed by atoms with Gasteiger partial charge in [-0.2, -0.15) is 0 Å². The second-order valence-electron chi connectivity index (χ2n) is 5.12. The number of hydrogen-bond donors (Lipinski definition) is 2. The summed E-state index contributed by atoms with van der Waals surface area (Å²) in [6.07, 6.45) is 2.49. The van der Waals surface area contributed by atoms with Crippen LogP contribution in [0.1, 0.15) is 22.3 Å². The van der Waals surface area contributed by atoms with E-state index in [1.807, 2.05) is 13.0 Å². The number of rotatable bonds is 7. The van der Waals surface area contributed by atoms with Gasteiger partial charge in [0.1, 0.15) is 5.82 Å². The number of hydrogen-bond acceptors (Lipinski definition) is 4. The lowest BCUT2D eigenvalue weighted by molar-refractivity contribution is 0.102. The normalized spacial score (nSPS) is 10.4. The van der Waals surface area contributed by atoms with Crippen molar-refractivity contribution in [2.75, 3.05) is 30.9 Å². The van der Waals surface area contributed by atoms with Gasteiger partial charge in [0.05, 0.1) is 0 Å². The second kappa shape index (κ2) is 8.50. The highest BCUT2D eigenvalue weighted by Crippen LogP contribution is 2.20. The Labute approximate surface area is 141 Å². The minimum absolute atomic E-state index is 0.183. The summed E-state index contributed by atoms with van der Waals surface area (Å²) in [5, 5.41) is 6.70. The van der Waals surface area contributed by atoms with Gasteiger partial charge in [-0.25, -0.2) is 4.98 Å². The molecule has 6 heteroatoms. The van der Waals surface area contributed by atoms with Crippen LogP contribution in [0.15, 0.2) is 36.5 Å². The van der Waals surface area contributed by atoms with Gasteiger partial charge in [0.2, 0.25) is 0 Å². The molecule has 0 unspecified atom stereocenters. The predicted molar refractivity (Wildman–Crippen MR) is 93.4 cm³/mol. The molecule has 0 aliphatic carbocycles. The smallest absolute Gasteiger partial charge is 0.255 e. The first kappa shape index (κ1) is 17.2. The van der Waals surface area contributed by atoms with Crippen LogP contribution in [-0.4, -0.2) is 31.2 Å². The maximum Gasteiger partial charge on any atom is 0.255 e. The summed E-state index contributed by atoms with van der Waals surface area (Å²) in [6, 6.07) is 8.76. The molecule has 0 saturated carbocycles. The van der Waals surface area contributed by atoms with E-state index >= 15 is 0 Å². The third-order valence-corrected chi connectivity index (χ3v) is 3.53. The van der Waals surface area contributed by atoms with Crippen LogP contribution in [0.25, 0.3) is 0 Å². The minimum Gasteiger partial charge on any atom is -0.385 e. The van der Waals surface area contributed by atoms with Crippen LogP contribution in [0.2, 0.25) is 5.02 Å². The molecule has 0 fully saturated rings. The van der Waals surface area contributed by atoms with Crippen molar-refractivity contribution in [1.29, 1.82) is 0 Å². The third kappa shape index (κ3) is 5.23. The third-order valence-electron chi connectivity index (χ3n) is 3.29. The second-order valence-corrected chi connectivity index (χ2v) is 5.55. The van der Waals surface area contributed by atoms with Crippen LogP contribution in [0.5, 0.6) is 0 Å². The van der Waals surface area contributed by atoms with E-state index in [9.17, 15) is 4.79 Å². The van der Waals surface area contributed by atoms with Crippen molar-refractivity contribution in [2.45, 2.75) is 13.3 Å². The van der Waals surface area contributed by atoms with Gasteiger partial charge < -0.3 is 15.4 Å². The Kier molecular flexibility index (Phi) is 6.38. The summed E-state index contributed by atoms with van der Waals surface area (Å²) in [7, 11) is 1.67. The number of methoxy groups -OCH3 is 1. The quantitative estimate of drug-likeness (QED) is 0.758. The molecule has 1 amide bonds. The number of benzene rings is 1. The molecule has 0 bridgehead atoms. The molecule has 1 aromatic heterocycles. The van der Waals surface area contributed by atoms with E-state index < -0.39 is 0 Å². The SMILES string of the molecule is COCCCNc1cc(C(=O)Nc2ccc(Cl)cc2C)ccn1. The van der Waals surface area contributed by atoms with E-state index in [0.29, 0.717) is 23.0 Å². The fourth-order valence-electron chi connectivity index (χ4n) is 2.06. The molecule has 0 spiro atoms. The largest absolute Gasteiger partial charge is 0.385 e. The Hall–Kier alpha value is -2.11. The van der Waals surface area contributed by atoms with Crippen molar-refractivity contribution in [3.63, 3.8) is 0 Å². The lowest BCUT2D eigenvalue weighted by Crippen LogP contribution is -2.14. The van der Waals surface area contributed by atoms with Gasteiger partial charge in [0, 0.05) is 42.7 Å². The van der Waals surface area contributed by atoms with E-state index in [2.05, 4.69) is 15.6 Å². The topological polar surface area (TPSA) is 63.2 Å². The van der Waals surface area contributed by atoms with Crippen LogP contribution in [0, 0.1) is 6.92 Å². The van der Waals surface area contributed by atoms with Crippen LogP contribution < -0.4 is 10.6 Å². The summed E-state index contributed by atoms with van der Waals surface area (Å²) < 4.78 is 4.99. The summed E-state index contributed by atoms with van der Waals surface area (Å²) >= 11 is 5.92. The van der Waals surface area contributed by atoms with E-state index in [4.69, 9.17) is 16.3 Å². The van der Waals surface area contributed by atoms with Crippen molar-refractivity contribution in [3.8, 4) is 0 Å². The van der Waals surface area contributed by atoms with Gasteiger partial charge in [-0.1, -0.05) is 11.6 Å². The first-order chi connectivity index (χ1) is 11.1. The number of aromatic nitrogens is 1. The zero-order valence-electron chi connectivity index (χ0n) is 13.2. The summed E-state index contributed by atoms with van der Waals surface area (Å²) in [6.45, 7) is 3.32. The molecule has 1 aromatic carbocycles. The number of carbonyl (C=O) groups is 1. The van der Waals surface area contributed by atoms with E-state index in [1.165, 1.54) is 0 Å². The standard InChI is InChI=1S/C17H20ClN3O2/c1-12-10-14(18)4-5-15(12)21-17(22)13-6-8-20-16(11-13)19-7-3-9-23-2/h4-6,8,10-11H,3,7,9H2,1-2H3,(H,19,20)(H,21,22). The molecule has 0 saturated heterocycles. The van der Waals surface area contributed by atoms with Gasteiger partial charge in [-0.15, -0.1) is 0 Å². The monoisotopic (exact) mass is 333 g/mol. The molecule has 2 rings (SSSR count). The first-order valence-corrected chi connectivity index (χ1v) is 7.74. The molecule has 5 nitrogen and oxygen atoms in total. The lowest BCUT2D eigenvalue weighted by Gasteiger charge is -2.10. The van der Waals surface area contributed by atoms with Crippen molar-refractivity contribution in [2.24, 2.45) is 0 Å². The molecule has 0 radical (unpaired) electrons. The van der Waals surface area contributed by atoms with E-state index in [0.717, 1.165) is 24.2 Å². The van der Waals surface area contributed by atoms with Crippen LogP contribution in [0.4, 0.5) is 11.5 Å². The Balaban J connectivity index is 2.01. The number of amides is 1. The highest BCUT2D eigenvalue weighted by atomic mass is 35.5. The van der Waals surface area contributed by atoms with E-state index in [1.54, 1.807) is 37.6 Å². The van der Waals surface area contributed by atoms with Crippen molar-refractivity contribution < 1.29 is 9.53 Å². The number of nitrogens with one attached hydrogen (secondary N) is 2. The Bertz CT molecular complexity index is 677. The molecule has 0 aliphatic rings. The molecule has 23 heavy (non-hydrogen) atoms. The fraction of sp³-hybridized carbons (Fsp3) is 0.294. The molecule has 0 aliphatic heterocycles. The van der Waals surface area contributed by atoms with Crippen LogP contribution >= 0.6 is 11.6 Å². The molecular formula is C17H20ClN3O2. The number of ether oxygens (including phenoxy) is 1. The average molecular weight is 334 g/mol. The number of aryl methyl sites for hydroxylation is 1. The maximum absolute atomic E-state index is 12.4. The van der Waals surface area contributed by atoms with Crippen LogP contribution in [0.3, 0.4) is 0 Å². The van der Waals surface area contributed by atoms with Crippen molar-refractivity contribution in [3.05, 3.63) is 52.7 Å². The lowest BCUT2D eigenvalue weighted by atomic mass is 10.2. The number of anilines is 2. The summed E-state index contributed by atoms with van der Waals surface area (Å²) in [5.41, 5.74) is 2.20. The van der Waals surface area contributed by atoms with Gasteiger partial charge in [0.25, 0.3) is 5.91 Å². The minimum atomic E-state index is -0.183. The van der Waals surface area contributed by atoms with Gasteiger partial charge >= 0.3 is 0 Å². The highest BCUT2D eigenvalue weighted by molar-refractivity contribution is 6.30. The molecule has 1 heterocycles. The highest BCUT2D eigenvalue weighted by Gasteiger charge is 2.09. The zero-order valence-corrected chi connectivity index (χ0v) is 14.0. The van der Waals surface area contributed by atoms with Crippen molar-refractivity contribution in [1.82, 2.24) is 4.98 Å². The Morgan fingerprint density at radius 1 is 1.30 bits per heavy atom. The Morgan fingerprint density at radius 2 is 2.13 bits per heavy atom. The molecule has 2 N–H and O–H groups in total. The number of carbonyl (C=O) groups excluding carboxylic acids is 1. The number of nitrogens with zero attached hydrogens (tertiary/aromatic N) is 1. The fourth-order valence-corrected chi connectivity index (χ4v) is 2.29. The van der Waals surface area contributed by atoms with E-state index in [-0.39, 0.29) is 5.91 Å². The summed E-state index contributed by atoms with van der Waals surface area (Å²) in [4.78, 5) is 16.6. The van der Waals surface area contributed by atoms with Gasteiger partial charge in [-0.05, 0) is 49.2 Å². The predicted octanol–water partition coefficient (Wildman–Crippen LogP) is 3.74. The Morgan fingerprint density at radius 3 is 2.87 bits per heavy atom. The van der Waals surface area contributed by atoms with Gasteiger partial charge in [0.15, 0.2) is 0 Å². The molecule has 2 aromatic rings. The molecule has 0 atom stereocenters.